The number of likely N-dealkylation sites (N-methyl/N-ethyl adjacent to an activating group) is 1. The van der Waals surface area contributed by atoms with Gasteiger partial charge >= 0.3 is 5.69 Å². The van der Waals surface area contributed by atoms with Crippen molar-refractivity contribution in [2.24, 2.45) is 0 Å². The Morgan fingerprint density at radius 3 is 2.45 bits per heavy atom. The zero-order valence-electron chi connectivity index (χ0n) is 19.6. The first-order valence-corrected chi connectivity index (χ1v) is 11.9. The van der Waals surface area contributed by atoms with Crippen LogP contribution in [0.1, 0.15) is 30.4 Å². The molecule has 0 atom stereocenters. The minimum absolute atomic E-state index is 0.0158. The van der Waals surface area contributed by atoms with Crippen molar-refractivity contribution in [3.05, 3.63) is 76.6 Å². The summed E-state index contributed by atoms with van der Waals surface area (Å²) in [6.45, 7) is 4.68. The first-order valence-electron chi connectivity index (χ1n) is 11.9. The van der Waals surface area contributed by atoms with Gasteiger partial charge in [-0.25, -0.2) is 9.78 Å². The molecule has 7 nitrogen and oxygen atoms in total. The van der Waals surface area contributed by atoms with Crippen molar-refractivity contribution < 1.29 is 4.74 Å². The molecule has 1 saturated carbocycles. The quantitative estimate of drug-likeness (QED) is 0.557. The van der Waals surface area contributed by atoms with Crippen LogP contribution < -0.4 is 10.6 Å². The summed E-state index contributed by atoms with van der Waals surface area (Å²) in [5.41, 5.74) is 3.11. The van der Waals surface area contributed by atoms with Gasteiger partial charge in [0.2, 0.25) is 0 Å². The van der Waals surface area contributed by atoms with Gasteiger partial charge in [-0.05, 0) is 62.1 Å². The number of anilines is 1. The first kappa shape index (κ1) is 21.9. The largest absolute Gasteiger partial charge is 0.374 e. The minimum Gasteiger partial charge on any atom is -0.374 e. The molecule has 2 fully saturated rings. The summed E-state index contributed by atoms with van der Waals surface area (Å²) in [5.74, 6) is 1.05. The van der Waals surface area contributed by atoms with Crippen LogP contribution in [0, 0.1) is 0 Å². The number of ether oxygens (including phenoxy) is 1. The fraction of sp³-hybridized carbons (Fsp3) is 0.462. The first-order chi connectivity index (χ1) is 16.1. The summed E-state index contributed by atoms with van der Waals surface area (Å²) in [6, 6.07) is 12.4. The molecule has 0 spiro atoms. The number of rotatable bonds is 7. The van der Waals surface area contributed by atoms with Crippen molar-refractivity contribution in [2.75, 3.05) is 45.2 Å². The number of pyridine rings is 1. The average molecular weight is 448 g/mol. The highest BCUT2D eigenvalue weighted by atomic mass is 16.5. The van der Waals surface area contributed by atoms with Gasteiger partial charge in [0.25, 0.3) is 0 Å². The Balaban J connectivity index is 1.30. The Kier molecular flexibility index (Phi) is 6.08. The second-order valence-corrected chi connectivity index (χ2v) is 9.27. The third kappa shape index (κ3) is 4.23. The maximum Gasteiger partial charge on any atom is 0.332 e. The van der Waals surface area contributed by atoms with E-state index in [-0.39, 0.29) is 11.3 Å². The number of hydrogen-bond donors (Lipinski definition) is 0. The van der Waals surface area contributed by atoms with E-state index in [1.165, 1.54) is 17.5 Å². The van der Waals surface area contributed by atoms with E-state index in [4.69, 9.17) is 4.74 Å². The number of hydrogen-bond acceptors (Lipinski definition) is 5. The van der Waals surface area contributed by atoms with Crippen molar-refractivity contribution in [1.82, 2.24) is 19.0 Å². The average Bonchev–Trinajstić information content (AvgIpc) is 3.19. The number of aromatic nitrogens is 3. The Bertz CT molecular complexity index is 1130. The number of methoxy groups -OCH3 is 1. The molecule has 1 aliphatic carbocycles. The lowest BCUT2D eigenvalue weighted by Gasteiger charge is -2.41. The molecule has 174 valence electrons. The standard InChI is InChI=1S/C26H33N5O2/c1-28-15-17-29(18-16-28)24-21(5-3-13-27-24)10-14-30-19-20-31(25(30)32)23-8-6-22(7-9-23)26(33-2)11-4-12-26/h3,5-9,13,19-20H,4,10-12,14-18H2,1-2H3. The second kappa shape index (κ2) is 9.15. The maximum atomic E-state index is 13.1. The number of piperazine rings is 1. The molecule has 3 heterocycles. The summed E-state index contributed by atoms with van der Waals surface area (Å²) in [7, 11) is 3.94. The molecule has 0 N–H and O–H groups in total. The van der Waals surface area contributed by atoms with E-state index < -0.39 is 0 Å². The van der Waals surface area contributed by atoms with Gasteiger partial charge in [-0.3, -0.25) is 9.13 Å². The molecule has 3 aromatic rings. The minimum atomic E-state index is -0.138. The van der Waals surface area contributed by atoms with Crippen molar-refractivity contribution in [1.29, 1.82) is 0 Å². The van der Waals surface area contributed by atoms with Crippen molar-refractivity contribution in [3.8, 4) is 5.69 Å². The number of nitrogens with zero attached hydrogens (tertiary/aromatic N) is 5. The molecular formula is C26H33N5O2. The van der Waals surface area contributed by atoms with Crippen molar-refractivity contribution in [3.63, 3.8) is 0 Å². The lowest BCUT2D eigenvalue weighted by molar-refractivity contribution is -0.0778. The predicted molar refractivity (Wildman–Crippen MR) is 130 cm³/mol. The van der Waals surface area contributed by atoms with Crippen LogP contribution in [0.5, 0.6) is 0 Å². The summed E-state index contributed by atoms with van der Waals surface area (Å²) < 4.78 is 9.29. The molecule has 0 unspecified atom stereocenters. The van der Waals surface area contributed by atoms with Gasteiger partial charge in [0.1, 0.15) is 5.82 Å². The van der Waals surface area contributed by atoms with Gasteiger partial charge in [0.05, 0.1) is 11.3 Å². The molecule has 5 rings (SSSR count). The van der Waals surface area contributed by atoms with E-state index in [0.29, 0.717) is 6.54 Å². The van der Waals surface area contributed by atoms with E-state index in [0.717, 1.165) is 56.9 Å². The van der Waals surface area contributed by atoms with E-state index in [1.807, 2.05) is 36.8 Å². The predicted octanol–water partition coefficient (Wildman–Crippen LogP) is 3.05. The highest BCUT2D eigenvalue weighted by Crippen LogP contribution is 2.44. The summed E-state index contributed by atoms with van der Waals surface area (Å²) >= 11 is 0. The number of aryl methyl sites for hydroxylation is 2. The molecule has 0 amide bonds. The molecule has 33 heavy (non-hydrogen) atoms. The lowest BCUT2D eigenvalue weighted by Crippen LogP contribution is -2.45. The maximum absolute atomic E-state index is 13.1. The van der Waals surface area contributed by atoms with Gasteiger partial charge in [-0.2, -0.15) is 0 Å². The number of benzene rings is 1. The molecule has 7 heteroatoms. The SMILES string of the molecule is COC1(c2ccc(-n3ccn(CCc4cccnc4N4CCN(C)CC4)c3=O)cc2)CCC1. The third-order valence-electron chi connectivity index (χ3n) is 7.36. The van der Waals surface area contributed by atoms with Gasteiger partial charge in [-0.1, -0.05) is 18.2 Å². The molecule has 0 radical (unpaired) electrons. The van der Waals surface area contributed by atoms with Crippen molar-refractivity contribution >= 4 is 5.82 Å². The Hall–Kier alpha value is -2.90. The fourth-order valence-electron chi connectivity index (χ4n) is 4.98. The van der Waals surface area contributed by atoms with Crippen LogP contribution in [0.4, 0.5) is 5.82 Å². The van der Waals surface area contributed by atoms with Gasteiger partial charge in [-0.15, -0.1) is 0 Å². The van der Waals surface area contributed by atoms with Gasteiger partial charge in [0.15, 0.2) is 0 Å². The fourth-order valence-corrected chi connectivity index (χ4v) is 4.98. The van der Waals surface area contributed by atoms with E-state index in [2.05, 4.69) is 40.0 Å². The van der Waals surface area contributed by atoms with E-state index in [1.54, 1.807) is 16.2 Å². The zero-order valence-corrected chi connectivity index (χ0v) is 19.6. The second-order valence-electron chi connectivity index (χ2n) is 9.27. The molecule has 0 bridgehead atoms. The van der Waals surface area contributed by atoms with Crippen LogP contribution in [0.3, 0.4) is 0 Å². The highest BCUT2D eigenvalue weighted by Gasteiger charge is 2.38. The van der Waals surface area contributed by atoms with E-state index in [9.17, 15) is 4.79 Å². The van der Waals surface area contributed by atoms with Gasteiger partial charge in [0, 0.05) is 58.4 Å². The van der Waals surface area contributed by atoms with Gasteiger partial charge < -0.3 is 14.5 Å². The third-order valence-corrected chi connectivity index (χ3v) is 7.36. The highest BCUT2D eigenvalue weighted by molar-refractivity contribution is 5.47. The summed E-state index contributed by atoms with van der Waals surface area (Å²) in [6.07, 6.45) is 9.69. The monoisotopic (exact) mass is 447 g/mol. The molecule has 1 aromatic carbocycles. The Morgan fingerprint density at radius 2 is 1.79 bits per heavy atom. The van der Waals surface area contributed by atoms with Crippen LogP contribution in [0.2, 0.25) is 0 Å². The molecular weight excluding hydrogens is 414 g/mol. The lowest BCUT2D eigenvalue weighted by atomic mass is 9.75. The van der Waals surface area contributed by atoms with Crippen LogP contribution in [0.25, 0.3) is 5.69 Å². The molecule has 1 aliphatic heterocycles. The smallest absolute Gasteiger partial charge is 0.332 e. The number of imidazole rings is 1. The normalized spacial score (nSPS) is 18.3. The van der Waals surface area contributed by atoms with Crippen LogP contribution in [0.15, 0.2) is 59.8 Å². The zero-order chi connectivity index (χ0) is 22.8. The van der Waals surface area contributed by atoms with Crippen LogP contribution in [-0.2, 0) is 23.3 Å². The summed E-state index contributed by atoms with van der Waals surface area (Å²) in [4.78, 5) is 22.5. The Labute approximate surface area is 195 Å². The molecule has 2 aliphatic rings. The van der Waals surface area contributed by atoms with Crippen LogP contribution in [-0.4, -0.2) is 59.4 Å². The Morgan fingerprint density at radius 1 is 1.03 bits per heavy atom. The topological polar surface area (TPSA) is 55.5 Å². The molecule has 1 saturated heterocycles. The molecule has 2 aromatic heterocycles. The summed E-state index contributed by atoms with van der Waals surface area (Å²) in [5, 5.41) is 0. The van der Waals surface area contributed by atoms with E-state index >= 15 is 0 Å². The van der Waals surface area contributed by atoms with Crippen LogP contribution >= 0.6 is 0 Å². The van der Waals surface area contributed by atoms with Crippen molar-refractivity contribution in [2.45, 2.75) is 37.8 Å².